The van der Waals surface area contributed by atoms with Gasteiger partial charge in [-0.15, -0.1) is 0 Å². The number of hydrogen-bond donors (Lipinski definition) is 7. The molecule has 15 nitrogen and oxygen atoms in total. The Bertz CT molecular complexity index is 2260. The van der Waals surface area contributed by atoms with Crippen molar-refractivity contribution in [2.24, 2.45) is 0 Å². The van der Waals surface area contributed by atoms with Crippen molar-refractivity contribution in [1.82, 2.24) is 0 Å². The molecule has 2 heterocycles. The Morgan fingerprint density at radius 1 is 0.704 bits per heavy atom. The highest BCUT2D eigenvalue weighted by molar-refractivity contribution is 5.89. The zero-order valence-electron chi connectivity index (χ0n) is 27.9. The molecule has 278 valence electrons. The smallest absolute Gasteiger partial charge is 0.331 e. The Balaban J connectivity index is 1.32. The van der Waals surface area contributed by atoms with Crippen LogP contribution in [0, 0.1) is 0 Å². The van der Waals surface area contributed by atoms with Crippen LogP contribution in [-0.2, 0) is 23.8 Å². The third-order valence-corrected chi connectivity index (χ3v) is 8.18. The molecule has 5 aromatic rings. The van der Waals surface area contributed by atoms with Gasteiger partial charge in [-0.1, -0.05) is 24.3 Å². The summed E-state index contributed by atoms with van der Waals surface area (Å²) in [7, 11) is 0. The van der Waals surface area contributed by atoms with E-state index in [0.717, 1.165) is 24.3 Å². The summed E-state index contributed by atoms with van der Waals surface area (Å²) >= 11 is 0. The maximum Gasteiger partial charge on any atom is 0.331 e. The molecule has 0 radical (unpaired) electrons. The molecule has 1 aliphatic heterocycles. The second kappa shape index (κ2) is 15.8. The fourth-order valence-electron chi connectivity index (χ4n) is 5.46. The first-order valence-corrected chi connectivity index (χ1v) is 16.2. The number of esters is 2. The lowest BCUT2D eigenvalue weighted by Crippen LogP contribution is -2.61. The minimum atomic E-state index is -2.00. The molecule has 1 aromatic heterocycles. The van der Waals surface area contributed by atoms with Crippen molar-refractivity contribution in [3.05, 3.63) is 118 Å². The van der Waals surface area contributed by atoms with Crippen LogP contribution < -0.4 is 10.2 Å². The Morgan fingerprint density at radius 3 is 1.85 bits per heavy atom. The van der Waals surface area contributed by atoms with E-state index < -0.39 is 77.3 Å². The lowest BCUT2D eigenvalue weighted by atomic mass is 9.98. The number of hydrogen-bond acceptors (Lipinski definition) is 15. The fraction of sp³-hybridized carbons (Fsp3) is 0.154. The third kappa shape index (κ3) is 8.45. The molecule has 6 rings (SSSR count). The van der Waals surface area contributed by atoms with E-state index in [9.17, 15) is 50.1 Å². The largest absolute Gasteiger partial charge is 0.508 e. The van der Waals surface area contributed by atoms with Gasteiger partial charge >= 0.3 is 11.9 Å². The average molecular weight is 741 g/mol. The summed E-state index contributed by atoms with van der Waals surface area (Å²) in [6.45, 7) is -0.666. The standard InChI is InChI=1S/C39H32O15/c40-23-9-1-20(2-10-23)5-15-30(45)50-19-29-33(47)37(53-31(46)16-6-21-3-11-24(41)12-4-21)35(49)39(52-29)54-38-34(48)32-27(44)17-26(43)18-28(32)51-36(38)22-7-13-25(42)14-8-22/h1-18,29,33,35,37,39-44,47,49H,19H2/b15-5+,16-6+/t29-,33-,35?,37?,39+/m1/s1. The van der Waals surface area contributed by atoms with E-state index in [4.69, 9.17) is 23.4 Å². The number of fused-ring (bicyclic) bond motifs is 1. The van der Waals surface area contributed by atoms with Crippen LogP contribution in [0.4, 0.5) is 0 Å². The van der Waals surface area contributed by atoms with Crippen molar-refractivity contribution in [3.63, 3.8) is 0 Å². The van der Waals surface area contributed by atoms with E-state index in [1.54, 1.807) is 12.1 Å². The van der Waals surface area contributed by atoms with Crippen LogP contribution in [0.25, 0.3) is 34.4 Å². The van der Waals surface area contributed by atoms with Crippen LogP contribution in [0.3, 0.4) is 0 Å². The van der Waals surface area contributed by atoms with Gasteiger partial charge in [0.15, 0.2) is 18.0 Å². The first-order valence-electron chi connectivity index (χ1n) is 16.2. The van der Waals surface area contributed by atoms with E-state index >= 15 is 0 Å². The zero-order valence-corrected chi connectivity index (χ0v) is 27.9. The quantitative estimate of drug-likeness (QED) is 0.0798. The van der Waals surface area contributed by atoms with Gasteiger partial charge in [0.2, 0.25) is 17.5 Å². The summed E-state index contributed by atoms with van der Waals surface area (Å²) in [5, 5.41) is 71.7. The van der Waals surface area contributed by atoms with Gasteiger partial charge in [0.05, 0.1) is 0 Å². The van der Waals surface area contributed by atoms with Gasteiger partial charge in [0.1, 0.15) is 58.5 Å². The van der Waals surface area contributed by atoms with Gasteiger partial charge in [0, 0.05) is 29.8 Å². The molecule has 0 spiro atoms. The van der Waals surface area contributed by atoms with Gasteiger partial charge in [-0.3, -0.25) is 4.79 Å². The van der Waals surface area contributed by atoms with Crippen molar-refractivity contribution in [3.8, 4) is 45.8 Å². The molecule has 15 heteroatoms. The normalized spacial score (nSPS) is 19.9. The van der Waals surface area contributed by atoms with Crippen molar-refractivity contribution < 1.29 is 68.7 Å². The SMILES string of the molecule is O=C(/C=C/c1ccc(O)cc1)OC[C@H]1O[C@@H](Oc2c(-c3ccc(O)cc3)oc3cc(O)cc(O)c3c2=O)C(O)C(OC(=O)/C=C/c2ccc(O)cc2)[C@@H]1O. The van der Waals surface area contributed by atoms with Crippen LogP contribution in [0.1, 0.15) is 11.1 Å². The minimum absolute atomic E-state index is 0.000756. The molecule has 7 N–H and O–H groups in total. The molecule has 2 unspecified atom stereocenters. The van der Waals surface area contributed by atoms with Crippen molar-refractivity contribution in [2.45, 2.75) is 30.7 Å². The monoisotopic (exact) mass is 740 g/mol. The molecule has 54 heavy (non-hydrogen) atoms. The first kappa shape index (κ1) is 37.0. The molecule has 0 amide bonds. The summed E-state index contributed by atoms with van der Waals surface area (Å²) in [5.74, 6) is -4.01. The number of carbonyl (C=O) groups is 2. The number of aliphatic hydroxyl groups excluding tert-OH is 2. The molecular weight excluding hydrogens is 708 g/mol. The Labute approximate surface area is 305 Å². The van der Waals surface area contributed by atoms with Gasteiger partial charge in [-0.2, -0.15) is 0 Å². The minimum Gasteiger partial charge on any atom is -0.508 e. The maximum absolute atomic E-state index is 13.9. The molecule has 0 bridgehead atoms. The van der Waals surface area contributed by atoms with E-state index in [0.29, 0.717) is 11.1 Å². The second-order valence-electron chi connectivity index (χ2n) is 12.0. The maximum atomic E-state index is 13.9. The van der Waals surface area contributed by atoms with Crippen LogP contribution in [0.2, 0.25) is 0 Å². The van der Waals surface area contributed by atoms with Crippen molar-refractivity contribution in [2.75, 3.05) is 6.61 Å². The highest BCUT2D eigenvalue weighted by atomic mass is 16.7. The number of aliphatic hydroxyl groups is 2. The topological polar surface area (TPSA) is 243 Å². The molecule has 0 saturated carbocycles. The van der Waals surface area contributed by atoms with Crippen LogP contribution in [-0.4, -0.2) is 85.0 Å². The summed E-state index contributed by atoms with van der Waals surface area (Å²) in [6, 6.07) is 19.0. The summed E-state index contributed by atoms with van der Waals surface area (Å²) in [4.78, 5) is 39.5. The number of carbonyl (C=O) groups excluding carboxylic acids is 2. The molecular formula is C39H32O15. The molecule has 1 fully saturated rings. The van der Waals surface area contributed by atoms with Crippen LogP contribution in [0.15, 0.2) is 106 Å². The van der Waals surface area contributed by atoms with Gasteiger partial charge in [-0.25, -0.2) is 9.59 Å². The fourth-order valence-corrected chi connectivity index (χ4v) is 5.46. The predicted molar refractivity (Wildman–Crippen MR) is 189 cm³/mol. The summed E-state index contributed by atoms with van der Waals surface area (Å²) in [5.41, 5.74) is 0.00793. The number of phenols is 5. The summed E-state index contributed by atoms with van der Waals surface area (Å²) < 4.78 is 28.3. The van der Waals surface area contributed by atoms with Gasteiger partial charge < -0.3 is 59.1 Å². The average Bonchev–Trinajstić information content (AvgIpc) is 3.14. The lowest BCUT2D eigenvalue weighted by Gasteiger charge is -2.41. The molecule has 1 saturated heterocycles. The third-order valence-electron chi connectivity index (χ3n) is 8.18. The Hall–Kier alpha value is -6.81. The molecule has 0 aliphatic carbocycles. The number of ether oxygens (including phenoxy) is 4. The Kier molecular flexibility index (Phi) is 10.8. The molecule has 1 aliphatic rings. The van der Waals surface area contributed by atoms with E-state index in [1.165, 1.54) is 72.8 Å². The van der Waals surface area contributed by atoms with Crippen molar-refractivity contribution in [1.29, 1.82) is 0 Å². The molecule has 4 aromatic carbocycles. The highest BCUT2D eigenvalue weighted by Gasteiger charge is 2.49. The summed E-state index contributed by atoms with van der Waals surface area (Å²) in [6.07, 6.45) is -4.24. The molecule has 5 atom stereocenters. The van der Waals surface area contributed by atoms with Crippen molar-refractivity contribution >= 4 is 35.1 Å². The van der Waals surface area contributed by atoms with E-state index in [1.807, 2.05) is 0 Å². The predicted octanol–water partition coefficient (Wildman–Crippen LogP) is 3.70. The lowest BCUT2D eigenvalue weighted by molar-refractivity contribution is -0.281. The number of phenolic OH excluding ortho intramolecular Hbond substituents is 5. The van der Waals surface area contributed by atoms with E-state index in [2.05, 4.69) is 0 Å². The number of benzene rings is 4. The number of aromatic hydroxyl groups is 5. The van der Waals surface area contributed by atoms with E-state index in [-0.39, 0.29) is 34.2 Å². The highest BCUT2D eigenvalue weighted by Crippen LogP contribution is 2.38. The van der Waals surface area contributed by atoms with Crippen LogP contribution >= 0.6 is 0 Å². The second-order valence-corrected chi connectivity index (χ2v) is 12.0. The Morgan fingerprint density at radius 2 is 1.26 bits per heavy atom. The first-order chi connectivity index (χ1) is 25.9. The zero-order chi connectivity index (χ0) is 38.5. The van der Waals surface area contributed by atoms with Gasteiger partial charge in [0.25, 0.3) is 0 Å². The number of rotatable bonds is 10. The van der Waals surface area contributed by atoms with Gasteiger partial charge in [-0.05, 0) is 71.8 Å². The van der Waals surface area contributed by atoms with Crippen LogP contribution in [0.5, 0.6) is 34.5 Å².